The number of ketones is 5. The van der Waals surface area contributed by atoms with Gasteiger partial charge in [0.2, 0.25) is 5.91 Å². The van der Waals surface area contributed by atoms with Gasteiger partial charge in [0.25, 0.3) is 0 Å². The van der Waals surface area contributed by atoms with Crippen LogP contribution in [-0.2, 0) is 25.6 Å². The Hall–Kier alpha value is -3.32. The maximum Gasteiger partial charge on any atom is 0.235 e. The van der Waals surface area contributed by atoms with Crippen LogP contribution in [-0.4, -0.2) is 124 Å². The van der Waals surface area contributed by atoms with Crippen molar-refractivity contribution in [3.05, 3.63) is 28.8 Å². The Morgan fingerprint density at radius 3 is 2.29 bits per heavy atom. The number of nitrogens with zero attached hydrogens (tertiary/aromatic N) is 3. The summed E-state index contributed by atoms with van der Waals surface area (Å²) in [6.07, 6.45) is 6.27. The molecule has 4 fully saturated rings. The standard InChI is InChI=1S/C33H42N4O8/c1-35(2)27-21-15-17-14-20-19(23(39)16-36-10-12-37(13-11-36)18-6-4-3-5-7-18)8-9-22(38)25(20)28(40)24(17)30(42)33(21,45)31(43)26(29(27)41)32(34)44/h8-9,17-18,21,24,26-27,38,45H,3-7,10-16H2,1-2H3,(H2,34,44)/t17-,21-,24?,26?,27-,33-/m0/s1. The number of primary amides is 1. The monoisotopic (exact) mass is 622 g/mol. The van der Waals surface area contributed by atoms with Crippen LogP contribution in [0.25, 0.3) is 0 Å². The van der Waals surface area contributed by atoms with Crippen molar-refractivity contribution in [3.63, 3.8) is 0 Å². The number of hydrogen-bond acceptors (Lipinski definition) is 11. The summed E-state index contributed by atoms with van der Waals surface area (Å²) in [5.41, 5.74) is 3.08. The van der Waals surface area contributed by atoms with Gasteiger partial charge in [-0.1, -0.05) is 19.3 Å². The van der Waals surface area contributed by atoms with E-state index in [-0.39, 0.29) is 36.5 Å². The normalized spacial score (nSPS) is 33.1. The molecular weight excluding hydrogens is 580 g/mol. The lowest BCUT2D eigenvalue weighted by atomic mass is 9.52. The molecule has 1 heterocycles. The Kier molecular flexibility index (Phi) is 8.30. The average molecular weight is 623 g/mol. The number of rotatable bonds is 6. The van der Waals surface area contributed by atoms with E-state index in [0.29, 0.717) is 17.2 Å². The van der Waals surface area contributed by atoms with Gasteiger partial charge in [0.1, 0.15) is 5.75 Å². The van der Waals surface area contributed by atoms with Crippen molar-refractivity contribution in [2.75, 3.05) is 46.8 Å². The van der Waals surface area contributed by atoms with E-state index in [1.807, 2.05) is 0 Å². The third-order valence-electron chi connectivity index (χ3n) is 11.1. The molecule has 12 nitrogen and oxygen atoms in total. The first kappa shape index (κ1) is 31.7. The van der Waals surface area contributed by atoms with Crippen LogP contribution in [0.5, 0.6) is 5.75 Å². The number of fused-ring (bicyclic) bond motifs is 3. The highest BCUT2D eigenvalue weighted by Crippen LogP contribution is 2.51. The number of phenols is 1. The van der Waals surface area contributed by atoms with Crippen molar-refractivity contribution in [1.29, 1.82) is 0 Å². The number of phenolic OH excluding ortho intramolecular Hbond substituents is 1. The van der Waals surface area contributed by atoms with E-state index in [1.165, 1.54) is 49.1 Å². The van der Waals surface area contributed by atoms with Crippen LogP contribution in [0.4, 0.5) is 0 Å². The molecule has 4 aliphatic carbocycles. The van der Waals surface area contributed by atoms with Crippen molar-refractivity contribution >= 4 is 34.8 Å². The van der Waals surface area contributed by atoms with E-state index in [1.54, 1.807) is 14.1 Å². The predicted molar refractivity (Wildman–Crippen MR) is 161 cm³/mol. The molecule has 5 aliphatic rings. The number of piperazine rings is 1. The third kappa shape index (κ3) is 5.06. The van der Waals surface area contributed by atoms with E-state index < -0.39 is 64.4 Å². The van der Waals surface area contributed by atoms with Gasteiger partial charge in [0.05, 0.1) is 24.1 Å². The van der Waals surface area contributed by atoms with Gasteiger partial charge < -0.3 is 15.9 Å². The Bertz CT molecular complexity index is 1460. The second kappa shape index (κ2) is 11.8. The Balaban J connectivity index is 1.27. The van der Waals surface area contributed by atoms with Crippen LogP contribution in [0.2, 0.25) is 0 Å². The molecule has 0 aromatic heterocycles. The van der Waals surface area contributed by atoms with Crippen LogP contribution in [0.1, 0.15) is 64.8 Å². The van der Waals surface area contributed by atoms with Gasteiger partial charge in [0, 0.05) is 43.7 Å². The third-order valence-corrected chi connectivity index (χ3v) is 11.1. The number of amides is 1. The van der Waals surface area contributed by atoms with E-state index >= 15 is 0 Å². The Labute approximate surface area is 261 Å². The average Bonchev–Trinajstić information content (AvgIpc) is 2.99. The van der Waals surface area contributed by atoms with Gasteiger partial charge in [-0.15, -0.1) is 0 Å². The van der Waals surface area contributed by atoms with Crippen molar-refractivity contribution in [2.45, 2.75) is 62.6 Å². The number of aliphatic hydroxyl groups is 1. The van der Waals surface area contributed by atoms with Crippen LogP contribution >= 0.6 is 0 Å². The number of benzene rings is 1. The molecule has 45 heavy (non-hydrogen) atoms. The first-order chi connectivity index (χ1) is 21.4. The molecule has 1 saturated heterocycles. The van der Waals surface area contributed by atoms with Crippen molar-refractivity contribution < 1.29 is 39.0 Å². The number of Topliss-reactive ketones (excluding diaryl/α,β-unsaturated/α-hetero) is 5. The summed E-state index contributed by atoms with van der Waals surface area (Å²) >= 11 is 0. The summed E-state index contributed by atoms with van der Waals surface area (Å²) in [5.74, 6) is -11.3. The molecule has 6 atom stereocenters. The molecule has 242 valence electrons. The van der Waals surface area contributed by atoms with Gasteiger partial charge in [-0.25, -0.2) is 0 Å². The summed E-state index contributed by atoms with van der Waals surface area (Å²) in [5, 5.41) is 22.5. The summed E-state index contributed by atoms with van der Waals surface area (Å²) < 4.78 is 0. The molecule has 0 radical (unpaired) electrons. The molecule has 1 aliphatic heterocycles. The second-order valence-electron chi connectivity index (χ2n) is 13.8. The lowest BCUT2D eigenvalue weighted by molar-refractivity contribution is -0.181. The van der Waals surface area contributed by atoms with E-state index in [0.717, 1.165) is 26.2 Å². The topological polar surface area (TPSA) is 179 Å². The van der Waals surface area contributed by atoms with Gasteiger partial charge in [-0.3, -0.25) is 43.5 Å². The lowest BCUT2D eigenvalue weighted by Gasteiger charge is -2.52. The largest absolute Gasteiger partial charge is 0.507 e. The number of carbonyl (C=O) groups excluding carboxylic acids is 6. The van der Waals surface area contributed by atoms with Gasteiger partial charge in [0.15, 0.2) is 40.4 Å². The number of nitrogens with two attached hydrogens (primary N) is 1. The fourth-order valence-electron chi connectivity index (χ4n) is 8.89. The first-order valence-electron chi connectivity index (χ1n) is 16.0. The Morgan fingerprint density at radius 2 is 1.67 bits per heavy atom. The summed E-state index contributed by atoms with van der Waals surface area (Å²) in [7, 11) is 3.08. The molecule has 3 saturated carbocycles. The summed E-state index contributed by atoms with van der Waals surface area (Å²) in [4.78, 5) is 86.6. The smallest absolute Gasteiger partial charge is 0.235 e. The SMILES string of the molecule is CN(C)[C@@H]1C(=O)C(C(N)=O)C(=O)[C@@]2(O)C(=O)C3C(=O)c4c(O)ccc(C(=O)CN5CCN(C6CCCCC6)CC5)c4C[C@H]3C[C@@H]12. The van der Waals surface area contributed by atoms with Crippen molar-refractivity contribution in [3.8, 4) is 5.75 Å². The highest BCUT2D eigenvalue weighted by molar-refractivity contribution is 6.32. The molecule has 12 heteroatoms. The zero-order valence-electron chi connectivity index (χ0n) is 25.9. The van der Waals surface area contributed by atoms with Crippen LogP contribution in [0, 0.1) is 23.7 Å². The first-order valence-corrected chi connectivity index (χ1v) is 16.0. The molecular formula is C33H42N4O8. The summed E-state index contributed by atoms with van der Waals surface area (Å²) in [6, 6.07) is 2.21. The number of hydrogen-bond donors (Lipinski definition) is 3. The fraction of sp³-hybridized carbons (Fsp3) is 0.636. The maximum atomic E-state index is 14.0. The van der Waals surface area contributed by atoms with Crippen molar-refractivity contribution in [1.82, 2.24) is 14.7 Å². The van der Waals surface area contributed by atoms with Gasteiger partial charge in [-0.2, -0.15) is 0 Å². The molecule has 0 spiro atoms. The Morgan fingerprint density at radius 1 is 1.00 bits per heavy atom. The minimum absolute atomic E-state index is 0.0592. The van der Waals surface area contributed by atoms with Crippen molar-refractivity contribution in [2.24, 2.45) is 29.4 Å². The van der Waals surface area contributed by atoms with Gasteiger partial charge >= 0.3 is 0 Å². The van der Waals surface area contributed by atoms with E-state index in [4.69, 9.17) is 5.73 Å². The number of likely N-dealkylation sites (N-methyl/N-ethyl adjacent to an activating group) is 1. The molecule has 6 rings (SSSR count). The van der Waals surface area contributed by atoms with Crippen LogP contribution < -0.4 is 5.73 Å². The maximum absolute atomic E-state index is 14.0. The summed E-state index contributed by atoms with van der Waals surface area (Å²) in [6.45, 7) is 3.44. The zero-order valence-corrected chi connectivity index (χ0v) is 25.9. The van der Waals surface area contributed by atoms with Crippen LogP contribution in [0.15, 0.2) is 12.1 Å². The predicted octanol–water partition coefficient (Wildman–Crippen LogP) is 0.00000000000000422. The molecule has 1 amide bonds. The fourth-order valence-corrected chi connectivity index (χ4v) is 8.89. The number of carbonyl (C=O) groups is 6. The van der Waals surface area contributed by atoms with E-state index in [2.05, 4.69) is 9.80 Å². The second-order valence-corrected chi connectivity index (χ2v) is 13.8. The number of aromatic hydroxyl groups is 1. The minimum atomic E-state index is -2.78. The molecule has 4 N–H and O–H groups in total. The highest BCUT2D eigenvalue weighted by atomic mass is 16.3. The molecule has 2 unspecified atom stereocenters. The van der Waals surface area contributed by atoms with E-state index in [9.17, 15) is 39.0 Å². The molecule has 1 aromatic rings. The van der Waals surface area contributed by atoms with Crippen LogP contribution in [0.3, 0.4) is 0 Å². The molecule has 1 aromatic carbocycles. The highest BCUT2D eigenvalue weighted by Gasteiger charge is 2.69. The molecule has 0 bridgehead atoms. The zero-order chi connectivity index (χ0) is 32.4. The quantitative estimate of drug-likeness (QED) is 0.287. The minimum Gasteiger partial charge on any atom is -0.507 e. The van der Waals surface area contributed by atoms with Gasteiger partial charge in [-0.05, 0) is 63.4 Å². The lowest BCUT2D eigenvalue weighted by Crippen LogP contribution is -2.74.